The van der Waals surface area contributed by atoms with Crippen molar-refractivity contribution < 1.29 is 0 Å². The molecule has 0 atom stereocenters. The van der Waals surface area contributed by atoms with Crippen LogP contribution in [-0.4, -0.2) is 4.98 Å². The van der Waals surface area contributed by atoms with Crippen molar-refractivity contribution >= 4 is 0 Å². The van der Waals surface area contributed by atoms with E-state index in [1.807, 2.05) is 6.20 Å². The van der Waals surface area contributed by atoms with Gasteiger partial charge in [0.25, 0.3) is 0 Å². The monoisotopic (exact) mass is 433 g/mol. The minimum absolute atomic E-state index is 1.01. The van der Waals surface area contributed by atoms with E-state index in [1.54, 1.807) is 0 Å². The molecule has 0 saturated carbocycles. The molecule has 1 nitrogen and oxygen atoms in total. The minimum Gasteiger partial charge on any atom is -0.256 e. The Morgan fingerprint density at radius 3 is 1.67 bits per heavy atom. The molecule has 0 spiro atoms. The van der Waals surface area contributed by atoms with Gasteiger partial charge in [0, 0.05) is 17.3 Å². The van der Waals surface area contributed by atoms with E-state index in [4.69, 9.17) is 4.98 Å². The van der Waals surface area contributed by atoms with Crippen LogP contribution in [0.2, 0.25) is 0 Å². The van der Waals surface area contributed by atoms with Crippen molar-refractivity contribution in [3.8, 4) is 33.5 Å². The molecule has 1 aromatic heterocycles. The van der Waals surface area contributed by atoms with Gasteiger partial charge in [0.05, 0.1) is 5.69 Å². The predicted octanol–water partition coefficient (Wildman–Crippen LogP) is 9.29. The van der Waals surface area contributed by atoms with E-state index in [0.717, 1.165) is 16.8 Å². The quantitative estimate of drug-likeness (QED) is 0.227. The Balaban J connectivity index is 1.35. The van der Waals surface area contributed by atoms with E-state index in [2.05, 4.69) is 98.8 Å². The molecule has 0 radical (unpaired) electrons. The summed E-state index contributed by atoms with van der Waals surface area (Å²) in [4.78, 5) is 4.71. The van der Waals surface area contributed by atoms with Crippen LogP contribution in [-0.2, 0) is 6.42 Å². The van der Waals surface area contributed by atoms with Gasteiger partial charge in [0.1, 0.15) is 0 Å². The molecule has 0 aliphatic heterocycles. The fourth-order valence-electron chi connectivity index (χ4n) is 4.29. The molecule has 168 valence electrons. The maximum absolute atomic E-state index is 4.71. The summed E-state index contributed by atoms with van der Waals surface area (Å²) in [6.45, 7) is 4.38. The van der Waals surface area contributed by atoms with Gasteiger partial charge < -0.3 is 0 Å². The van der Waals surface area contributed by atoms with E-state index in [9.17, 15) is 0 Å². The predicted molar refractivity (Wildman–Crippen MR) is 142 cm³/mol. The van der Waals surface area contributed by atoms with Crippen molar-refractivity contribution in [3.63, 3.8) is 0 Å². The highest BCUT2D eigenvalue weighted by atomic mass is 14.7. The van der Waals surface area contributed by atoms with Gasteiger partial charge in [-0.25, -0.2) is 0 Å². The summed E-state index contributed by atoms with van der Waals surface area (Å²) in [5.41, 5.74) is 9.75. The van der Waals surface area contributed by atoms with E-state index >= 15 is 0 Å². The molecule has 4 aromatic rings. The van der Waals surface area contributed by atoms with Gasteiger partial charge in [-0.3, -0.25) is 4.98 Å². The van der Waals surface area contributed by atoms with Crippen LogP contribution < -0.4 is 0 Å². The molecule has 0 N–H and O–H groups in total. The molecule has 0 aliphatic carbocycles. The summed E-state index contributed by atoms with van der Waals surface area (Å²) >= 11 is 0. The lowest BCUT2D eigenvalue weighted by atomic mass is 9.99. The molecule has 0 unspecified atom stereocenters. The number of nitrogens with zero attached hydrogens (tertiary/aromatic N) is 1. The Morgan fingerprint density at radius 1 is 0.515 bits per heavy atom. The Labute approximate surface area is 199 Å². The van der Waals surface area contributed by atoms with Crippen LogP contribution >= 0.6 is 0 Å². The topological polar surface area (TPSA) is 12.9 Å². The van der Waals surface area contributed by atoms with Gasteiger partial charge >= 0.3 is 0 Å². The van der Waals surface area contributed by atoms with Crippen LogP contribution in [0.5, 0.6) is 0 Å². The summed E-state index contributed by atoms with van der Waals surface area (Å²) in [6, 6.07) is 30.7. The van der Waals surface area contributed by atoms with Gasteiger partial charge in [0.15, 0.2) is 0 Å². The SMILES string of the molecule is CCCCCCCCc1ccc(-c2ccc(-c3ccc(-c4ccc(C)cc4)cn3)cc2)cc1. The average Bonchev–Trinajstić information content (AvgIpc) is 2.87. The lowest BCUT2D eigenvalue weighted by Gasteiger charge is -2.07. The van der Waals surface area contributed by atoms with Crippen molar-refractivity contribution in [1.29, 1.82) is 0 Å². The Kier molecular flexibility index (Phi) is 8.09. The van der Waals surface area contributed by atoms with E-state index < -0.39 is 0 Å². The van der Waals surface area contributed by atoms with Crippen LogP contribution in [0, 0.1) is 6.92 Å². The molecular weight excluding hydrogens is 398 g/mol. The first kappa shape index (κ1) is 23.0. The fourth-order valence-corrected chi connectivity index (χ4v) is 4.29. The number of hydrogen-bond donors (Lipinski definition) is 0. The number of hydrogen-bond acceptors (Lipinski definition) is 1. The maximum Gasteiger partial charge on any atom is 0.0702 e. The van der Waals surface area contributed by atoms with Crippen LogP contribution in [0.15, 0.2) is 91.1 Å². The highest BCUT2D eigenvalue weighted by molar-refractivity contribution is 5.70. The van der Waals surface area contributed by atoms with Crippen LogP contribution in [0.3, 0.4) is 0 Å². The summed E-state index contributed by atoms with van der Waals surface area (Å²) in [5.74, 6) is 0. The molecule has 1 heterocycles. The first-order valence-corrected chi connectivity index (χ1v) is 12.5. The number of unbranched alkanes of at least 4 members (excludes halogenated alkanes) is 5. The summed E-state index contributed by atoms with van der Waals surface area (Å²) in [5, 5.41) is 0. The smallest absolute Gasteiger partial charge is 0.0702 e. The third-order valence-corrected chi connectivity index (χ3v) is 6.44. The van der Waals surface area contributed by atoms with Crippen molar-refractivity contribution in [2.75, 3.05) is 0 Å². The van der Waals surface area contributed by atoms with Gasteiger partial charge in [-0.15, -0.1) is 0 Å². The van der Waals surface area contributed by atoms with Crippen LogP contribution in [0.1, 0.15) is 56.6 Å². The highest BCUT2D eigenvalue weighted by Gasteiger charge is 2.04. The van der Waals surface area contributed by atoms with E-state index in [0.29, 0.717) is 0 Å². The second kappa shape index (κ2) is 11.6. The normalized spacial score (nSPS) is 11.0. The molecule has 0 saturated heterocycles. The number of aromatic nitrogens is 1. The molecule has 0 bridgehead atoms. The Bertz CT molecular complexity index is 1110. The van der Waals surface area contributed by atoms with Gasteiger partial charge in [0.2, 0.25) is 0 Å². The second-order valence-electron chi connectivity index (χ2n) is 9.09. The van der Waals surface area contributed by atoms with Crippen molar-refractivity contribution in [2.24, 2.45) is 0 Å². The number of aryl methyl sites for hydroxylation is 2. The summed E-state index contributed by atoms with van der Waals surface area (Å²) < 4.78 is 0. The zero-order valence-electron chi connectivity index (χ0n) is 20.1. The zero-order chi connectivity index (χ0) is 22.9. The number of pyridine rings is 1. The molecule has 3 aromatic carbocycles. The lowest BCUT2D eigenvalue weighted by molar-refractivity contribution is 0.607. The molecule has 0 amide bonds. The molecule has 0 fully saturated rings. The standard InChI is InChI=1S/C32H35N/c1-3-4-5-6-7-8-9-26-12-16-27(17-13-26)28-18-20-30(21-19-28)32-23-22-31(24-33-32)29-14-10-25(2)11-15-29/h10-24H,3-9H2,1-2H3. The van der Waals surface area contributed by atoms with Crippen molar-refractivity contribution in [1.82, 2.24) is 4.98 Å². The van der Waals surface area contributed by atoms with Gasteiger partial charge in [-0.05, 0) is 48.1 Å². The third kappa shape index (κ3) is 6.42. The first-order valence-electron chi connectivity index (χ1n) is 12.5. The van der Waals surface area contributed by atoms with Gasteiger partial charge in [-0.1, -0.05) is 123 Å². The number of rotatable bonds is 10. The molecule has 4 rings (SSSR count). The molecule has 1 heteroatoms. The largest absolute Gasteiger partial charge is 0.256 e. The average molecular weight is 434 g/mol. The number of benzene rings is 3. The molecule has 0 aliphatic rings. The maximum atomic E-state index is 4.71. The zero-order valence-corrected chi connectivity index (χ0v) is 20.1. The fraction of sp³-hybridized carbons (Fsp3) is 0.281. The Hall–Kier alpha value is -3.19. The van der Waals surface area contributed by atoms with Crippen molar-refractivity contribution in [3.05, 3.63) is 102 Å². The minimum atomic E-state index is 1.01. The highest BCUT2D eigenvalue weighted by Crippen LogP contribution is 2.26. The summed E-state index contributed by atoms with van der Waals surface area (Å²) in [6.07, 6.45) is 11.3. The first-order chi connectivity index (χ1) is 16.2. The Morgan fingerprint density at radius 2 is 1.03 bits per heavy atom. The second-order valence-corrected chi connectivity index (χ2v) is 9.09. The summed E-state index contributed by atoms with van der Waals surface area (Å²) in [7, 11) is 0. The van der Waals surface area contributed by atoms with Crippen LogP contribution in [0.25, 0.3) is 33.5 Å². The van der Waals surface area contributed by atoms with Gasteiger partial charge in [-0.2, -0.15) is 0 Å². The van der Waals surface area contributed by atoms with E-state index in [1.165, 1.54) is 72.8 Å². The lowest BCUT2D eigenvalue weighted by Crippen LogP contribution is -1.88. The van der Waals surface area contributed by atoms with Crippen LogP contribution in [0.4, 0.5) is 0 Å². The molecule has 33 heavy (non-hydrogen) atoms. The third-order valence-electron chi connectivity index (χ3n) is 6.44. The van der Waals surface area contributed by atoms with Crippen molar-refractivity contribution in [2.45, 2.75) is 58.8 Å². The molecular formula is C32H35N. The van der Waals surface area contributed by atoms with E-state index in [-0.39, 0.29) is 0 Å².